The molecule has 0 spiro atoms. The van der Waals surface area contributed by atoms with Gasteiger partial charge < -0.3 is 20.3 Å². The number of amides is 2. The molecule has 27 heavy (non-hydrogen) atoms. The molecule has 2 aromatic rings. The highest BCUT2D eigenvalue weighted by Gasteiger charge is 2.25. The van der Waals surface area contributed by atoms with E-state index in [2.05, 4.69) is 15.6 Å². The summed E-state index contributed by atoms with van der Waals surface area (Å²) in [6.45, 7) is 2.03. The second-order valence-corrected chi connectivity index (χ2v) is 6.84. The van der Waals surface area contributed by atoms with Crippen molar-refractivity contribution < 1.29 is 14.3 Å². The fourth-order valence-electron chi connectivity index (χ4n) is 3.45. The molecule has 0 radical (unpaired) electrons. The Labute approximate surface area is 157 Å². The Kier molecular flexibility index (Phi) is 5.02. The molecule has 2 amide bonds. The van der Waals surface area contributed by atoms with Crippen LogP contribution in [0.5, 0.6) is 0 Å². The summed E-state index contributed by atoms with van der Waals surface area (Å²) in [7, 11) is 0. The van der Waals surface area contributed by atoms with E-state index in [0.717, 1.165) is 30.7 Å². The monoisotopic (exact) mass is 366 g/mol. The Hall–Kier alpha value is -2.93. The summed E-state index contributed by atoms with van der Waals surface area (Å²) in [5.74, 6) is -0.190. The average molecular weight is 366 g/mol. The molecule has 2 aliphatic rings. The van der Waals surface area contributed by atoms with E-state index in [4.69, 9.17) is 4.74 Å². The van der Waals surface area contributed by atoms with Gasteiger partial charge in [0.15, 0.2) is 0 Å². The molecule has 1 aromatic heterocycles. The van der Waals surface area contributed by atoms with Crippen molar-refractivity contribution in [3.05, 3.63) is 53.9 Å². The molecule has 0 bridgehead atoms. The van der Waals surface area contributed by atoms with Crippen molar-refractivity contribution in [2.75, 3.05) is 30.3 Å². The van der Waals surface area contributed by atoms with Gasteiger partial charge in [0, 0.05) is 37.7 Å². The number of fused-ring (bicyclic) bond motifs is 1. The molecule has 2 aliphatic heterocycles. The SMILES string of the molecule is O=C1CNc2ccc(C(=O)N(Cc3ccncc3)C[C@H]3CCCO3)cc2N1. The first-order valence-corrected chi connectivity index (χ1v) is 9.16. The smallest absolute Gasteiger partial charge is 0.254 e. The molecular weight excluding hydrogens is 344 g/mol. The summed E-state index contributed by atoms with van der Waals surface area (Å²) >= 11 is 0. The van der Waals surface area contributed by atoms with Crippen LogP contribution in [0.4, 0.5) is 11.4 Å². The highest BCUT2D eigenvalue weighted by molar-refractivity contribution is 6.03. The number of nitrogens with zero attached hydrogens (tertiary/aromatic N) is 2. The van der Waals surface area contributed by atoms with Crippen molar-refractivity contribution in [3.8, 4) is 0 Å². The maximum atomic E-state index is 13.2. The van der Waals surface area contributed by atoms with Gasteiger partial charge in [-0.3, -0.25) is 14.6 Å². The predicted molar refractivity (Wildman–Crippen MR) is 102 cm³/mol. The number of anilines is 2. The normalized spacial score (nSPS) is 18.4. The number of aromatic nitrogens is 1. The number of pyridine rings is 1. The fourth-order valence-corrected chi connectivity index (χ4v) is 3.45. The molecule has 0 unspecified atom stereocenters. The second kappa shape index (κ2) is 7.75. The molecule has 4 rings (SSSR count). The van der Waals surface area contributed by atoms with Crippen LogP contribution < -0.4 is 10.6 Å². The van der Waals surface area contributed by atoms with Crippen molar-refractivity contribution in [3.63, 3.8) is 0 Å². The Morgan fingerprint density at radius 2 is 2.07 bits per heavy atom. The van der Waals surface area contributed by atoms with E-state index in [-0.39, 0.29) is 24.5 Å². The quantitative estimate of drug-likeness (QED) is 0.848. The topological polar surface area (TPSA) is 83.6 Å². The number of nitrogens with one attached hydrogen (secondary N) is 2. The lowest BCUT2D eigenvalue weighted by Crippen LogP contribution is -2.37. The van der Waals surface area contributed by atoms with Crippen LogP contribution in [-0.2, 0) is 16.1 Å². The highest BCUT2D eigenvalue weighted by Crippen LogP contribution is 2.27. The third kappa shape index (κ3) is 4.09. The van der Waals surface area contributed by atoms with Gasteiger partial charge in [-0.05, 0) is 48.7 Å². The van der Waals surface area contributed by atoms with Crippen molar-refractivity contribution in [2.24, 2.45) is 0 Å². The van der Waals surface area contributed by atoms with Crippen molar-refractivity contribution in [1.82, 2.24) is 9.88 Å². The molecule has 3 heterocycles. The minimum atomic E-state index is -0.111. The third-order valence-corrected chi connectivity index (χ3v) is 4.84. The number of rotatable bonds is 5. The predicted octanol–water partition coefficient (Wildman–Crippen LogP) is 2.27. The van der Waals surface area contributed by atoms with E-state index in [1.54, 1.807) is 24.5 Å². The van der Waals surface area contributed by atoms with Crippen LogP contribution in [0.25, 0.3) is 0 Å². The molecule has 2 N–H and O–H groups in total. The molecule has 7 nitrogen and oxygen atoms in total. The van der Waals surface area contributed by atoms with Gasteiger partial charge in [-0.1, -0.05) is 0 Å². The molecule has 1 atom stereocenters. The molecule has 140 valence electrons. The first kappa shape index (κ1) is 17.5. The average Bonchev–Trinajstić information content (AvgIpc) is 3.20. The maximum Gasteiger partial charge on any atom is 0.254 e. The third-order valence-electron chi connectivity index (χ3n) is 4.84. The van der Waals surface area contributed by atoms with Crippen LogP contribution in [0.15, 0.2) is 42.7 Å². The second-order valence-electron chi connectivity index (χ2n) is 6.84. The minimum Gasteiger partial charge on any atom is -0.376 e. The molecule has 0 saturated carbocycles. The molecule has 0 aliphatic carbocycles. The summed E-state index contributed by atoms with van der Waals surface area (Å²) < 4.78 is 5.74. The highest BCUT2D eigenvalue weighted by atomic mass is 16.5. The van der Waals surface area contributed by atoms with Crippen LogP contribution in [0, 0.1) is 0 Å². The molecule has 1 fully saturated rings. The zero-order valence-corrected chi connectivity index (χ0v) is 15.0. The zero-order chi connectivity index (χ0) is 18.6. The summed E-state index contributed by atoms with van der Waals surface area (Å²) in [6, 6.07) is 9.18. The zero-order valence-electron chi connectivity index (χ0n) is 15.0. The Morgan fingerprint density at radius 1 is 1.22 bits per heavy atom. The van der Waals surface area contributed by atoms with Gasteiger partial charge in [0.2, 0.25) is 5.91 Å². The van der Waals surface area contributed by atoms with Gasteiger partial charge in [-0.25, -0.2) is 0 Å². The largest absolute Gasteiger partial charge is 0.376 e. The van der Waals surface area contributed by atoms with Gasteiger partial charge in [-0.15, -0.1) is 0 Å². The van der Waals surface area contributed by atoms with Crippen molar-refractivity contribution in [2.45, 2.75) is 25.5 Å². The van der Waals surface area contributed by atoms with Gasteiger partial charge in [0.1, 0.15) is 0 Å². The standard InChI is InChI=1S/C20H22N4O3/c25-19-11-22-17-4-3-15(10-18(17)23-19)20(26)24(13-16-2-1-9-27-16)12-14-5-7-21-8-6-14/h3-8,10,16,22H,1-2,9,11-13H2,(H,23,25)/t16-/m1/s1. The van der Waals surface area contributed by atoms with Crippen LogP contribution in [-0.4, -0.2) is 47.5 Å². The van der Waals surface area contributed by atoms with Crippen LogP contribution in [0.3, 0.4) is 0 Å². The van der Waals surface area contributed by atoms with E-state index in [1.807, 2.05) is 23.1 Å². The van der Waals surface area contributed by atoms with E-state index < -0.39 is 0 Å². The number of benzene rings is 1. The molecule has 7 heteroatoms. The Morgan fingerprint density at radius 3 is 2.85 bits per heavy atom. The maximum absolute atomic E-state index is 13.2. The number of hydrogen-bond donors (Lipinski definition) is 2. The Bertz CT molecular complexity index is 834. The van der Waals surface area contributed by atoms with Crippen molar-refractivity contribution >= 4 is 23.2 Å². The van der Waals surface area contributed by atoms with E-state index in [9.17, 15) is 9.59 Å². The van der Waals surface area contributed by atoms with Gasteiger partial charge in [0.05, 0.1) is 24.0 Å². The van der Waals surface area contributed by atoms with E-state index in [1.165, 1.54) is 0 Å². The first-order valence-electron chi connectivity index (χ1n) is 9.16. The number of ether oxygens (including phenoxy) is 1. The summed E-state index contributed by atoms with van der Waals surface area (Å²) in [4.78, 5) is 30.7. The molecular formula is C20H22N4O3. The molecule has 1 saturated heterocycles. The van der Waals surface area contributed by atoms with Gasteiger partial charge >= 0.3 is 0 Å². The lowest BCUT2D eigenvalue weighted by molar-refractivity contribution is -0.114. The lowest BCUT2D eigenvalue weighted by atomic mass is 10.1. The number of hydrogen-bond acceptors (Lipinski definition) is 5. The summed E-state index contributed by atoms with van der Waals surface area (Å²) in [5.41, 5.74) is 3.03. The van der Waals surface area contributed by atoms with Crippen LogP contribution in [0.1, 0.15) is 28.8 Å². The first-order chi connectivity index (χ1) is 13.2. The fraction of sp³-hybridized carbons (Fsp3) is 0.350. The summed E-state index contributed by atoms with van der Waals surface area (Å²) in [5, 5.41) is 5.85. The van der Waals surface area contributed by atoms with Gasteiger partial charge in [0.25, 0.3) is 5.91 Å². The Balaban J connectivity index is 1.57. The van der Waals surface area contributed by atoms with Gasteiger partial charge in [-0.2, -0.15) is 0 Å². The minimum absolute atomic E-state index is 0.0646. The van der Waals surface area contributed by atoms with E-state index in [0.29, 0.717) is 24.3 Å². The van der Waals surface area contributed by atoms with Crippen molar-refractivity contribution in [1.29, 1.82) is 0 Å². The lowest BCUT2D eigenvalue weighted by Gasteiger charge is -2.26. The number of carbonyl (C=O) groups is 2. The van der Waals surface area contributed by atoms with Crippen LogP contribution >= 0.6 is 0 Å². The van der Waals surface area contributed by atoms with E-state index >= 15 is 0 Å². The summed E-state index contributed by atoms with van der Waals surface area (Å²) in [6.07, 6.45) is 5.51. The number of carbonyl (C=O) groups excluding carboxylic acids is 2. The van der Waals surface area contributed by atoms with Crippen LogP contribution in [0.2, 0.25) is 0 Å². The molecule has 1 aromatic carbocycles.